The number of ether oxygens (including phenoxy) is 1. The third-order valence-corrected chi connectivity index (χ3v) is 3.03. The molecule has 1 aliphatic rings. The van der Waals surface area contributed by atoms with Crippen LogP contribution in [0.3, 0.4) is 0 Å². The Bertz CT molecular complexity index is 326. The van der Waals surface area contributed by atoms with Crippen LogP contribution in [0.4, 0.5) is 0 Å². The minimum atomic E-state index is 0.294. The van der Waals surface area contributed by atoms with Gasteiger partial charge in [0.25, 0.3) is 0 Å². The normalized spacial score (nSPS) is 18.4. The fraction of sp³-hybridized carbons (Fsp3) is 0.500. The molecule has 1 aromatic rings. The number of rotatable bonds is 1. The van der Waals surface area contributed by atoms with E-state index in [0.717, 1.165) is 5.75 Å². The number of fused-ring (bicyclic) bond motifs is 1. The second kappa shape index (κ2) is 2.76. The number of hydrogen-bond acceptors (Lipinski definition) is 1. The van der Waals surface area contributed by atoms with E-state index in [1.54, 1.807) is 7.11 Å². The molecule has 0 heterocycles. The molecule has 0 spiro atoms. The molecule has 70 valence electrons. The molecule has 1 nitrogen and oxygen atoms in total. The zero-order valence-electron chi connectivity index (χ0n) is 8.55. The van der Waals surface area contributed by atoms with Gasteiger partial charge in [0, 0.05) is 5.56 Å². The molecule has 0 unspecified atom stereocenters. The van der Waals surface area contributed by atoms with Gasteiger partial charge in [0.1, 0.15) is 5.75 Å². The van der Waals surface area contributed by atoms with Gasteiger partial charge in [-0.3, -0.25) is 0 Å². The van der Waals surface area contributed by atoms with Crippen LogP contribution in [0, 0.1) is 0 Å². The summed E-state index contributed by atoms with van der Waals surface area (Å²) >= 11 is 0. The Balaban J connectivity index is 2.60. The lowest BCUT2D eigenvalue weighted by Crippen LogP contribution is -2.13. The lowest BCUT2D eigenvalue weighted by atomic mass is 9.86. The third-order valence-electron chi connectivity index (χ3n) is 3.03. The van der Waals surface area contributed by atoms with Gasteiger partial charge in [0.05, 0.1) is 7.11 Å². The van der Waals surface area contributed by atoms with E-state index in [4.69, 9.17) is 4.74 Å². The van der Waals surface area contributed by atoms with Crippen LogP contribution in [0.1, 0.15) is 31.4 Å². The number of aryl methyl sites for hydroxylation is 1. The van der Waals surface area contributed by atoms with Crippen molar-refractivity contribution in [2.75, 3.05) is 7.11 Å². The number of methoxy groups -OCH3 is 1. The maximum absolute atomic E-state index is 5.39. The van der Waals surface area contributed by atoms with E-state index in [1.165, 1.54) is 24.0 Å². The first-order chi connectivity index (χ1) is 6.15. The van der Waals surface area contributed by atoms with Crippen molar-refractivity contribution >= 4 is 0 Å². The summed E-state index contributed by atoms with van der Waals surface area (Å²) in [4.78, 5) is 0. The Hall–Kier alpha value is -0.980. The van der Waals surface area contributed by atoms with Crippen LogP contribution in [0.2, 0.25) is 0 Å². The van der Waals surface area contributed by atoms with Crippen molar-refractivity contribution in [1.82, 2.24) is 0 Å². The van der Waals surface area contributed by atoms with E-state index in [1.807, 2.05) is 0 Å². The Morgan fingerprint density at radius 3 is 2.77 bits per heavy atom. The van der Waals surface area contributed by atoms with Crippen molar-refractivity contribution in [2.45, 2.75) is 32.1 Å². The maximum Gasteiger partial charge on any atom is 0.122 e. The first-order valence-corrected chi connectivity index (χ1v) is 4.81. The van der Waals surface area contributed by atoms with Crippen LogP contribution < -0.4 is 4.74 Å². The number of benzene rings is 1. The SMILES string of the molecule is COc1cccc2c1C(C)(C)CC2. The molecule has 0 saturated carbocycles. The van der Waals surface area contributed by atoms with E-state index in [0.29, 0.717) is 5.41 Å². The second-order valence-electron chi connectivity index (χ2n) is 4.38. The Kier molecular flexibility index (Phi) is 1.83. The van der Waals surface area contributed by atoms with Gasteiger partial charge in [-0.05, 0) is 29.9 Å². The highest BCUT2D eigenvalue weighted by molar-refractivity contribution is 5.48. The van der Waals surface area contributed by atoms with Gasteiger partial charge in [-0.1, -0.05) is 26.0 Å². The molecule has 0 saturated heterocycles. The van der Waals surface area contributed by atoms with Crippen LogP contribution >= 0.6 is 0 Å². The summed E-state index contributed by atoms with van der Waals surface area (Å²) in [6.07, 6.45) is 2.43. The molecule has 0 atom stereocenters. The van der Waals surface area contributed by atoms with Gasteiger partial charge >= 0.3 is 0 Å². The summed E-state index contributed by atoms with van der Waals surface area (Å²) in [5.41, 5.74) is 3.17. The highest BCUT2D eigenvalue weighted by Gasteiger charge is 2.32. The summed E-state index contributed by atoms with van der Waals surface area (Å²) < 4.78 is 5.39. The number of hydrogen-bond donors (Lipinski definition) is 0. The van der Waals surface area contributed by atoms with Gasteiger partial charge < -0.3 is 4.74 Å². The molecule has 13 heavy (non-hydrogen) atoms. The van der Waals surface area contributed by atoms with Gasteiger partial charge in [-0.25, -0.2) is 0 Å². The Morgan fingerprint density at radius 2 is 2.08 bits per heavy atom. The average molecular weight is 176 g/mol. The first kappa shape index (κ1) is 8.61. The predicted molar refractivity (Wildman–Crippen MR) is 54.3 cm³/mol. The molecule has 1 aromatic carbocycles. The largest absolute Gasteiger partial charge is 0.496 e. The summed E-state index contributed by atoms with van der Waals surface area (Å²) in [5.74, 6) is 1.06. The first-order valence-electron chi connectivity index (χ1n) is 4.81. The summed E-state index contributed by atoms with van der Waals surface area (Å²) in [6, 6.07) is 6.36. The fourth-order valence-corrected chi connectivity index (χ4v) is 2.30. The summed E-state index contributed by atoms with van der Waals surface area (Å²) in [6.45, 7) is 4.59. The van der Waals surface area contributed by atoms with Crippen molar-refractivity contribution in [3.63, 3.8) is 0 Å². The minimum Gasteiger partial charge on any atom is -0.496 e. The predicted octanol–water partition coefficient (Wildman–Crippen LogP) is 2.92. The zero-order valence-corrected chi connectivity index (χ0v) is 8.55. The smallest absolute Gasteiger partial charge is 0.122 e. The van der Waals surface area contributed by atoms with E-state index in [9.17, 15) is 0 Å². The minimum absolute atomic E-state index is 0.294. The molecule has 1 aliphatic carbocycles. The molecule has 0 amide bonds. The molecule has 0 aromatic heterocycles. The lowest BCUT2D eigenvalue weighted by Gasteiger charge is -2.21. The molecule has 0 aliphatic heterocycles. The highest BCUT2D eigenvalue weighted by atomic mass is 16.5. The highest BCUT2D eigenvalue weighted by Crippen LogP contribution is 2.43. The van der Waals surface area contributed by atoms with Crippen molar-refractivity contribution < 1.29 is 4.74 Å². The maximum atomic E-state index is 5.39. The molecular weight excluding hydrogens is 160 g/mol. The third kappa shape index (κ3) is 1.23. The molecule has 0 fully saturated rings. The topological polar surface area (TPSA) is 9.23 Å². The molecule has 0 radical (unpaired) electrons. The van der Waals surface area contributed by atoms with Crippen molar-refractivity contribution in [3.8, 4) is 5.75 Å². The van der Waals surface area contributed by atoms with Crippen LogP contribution in [0.25, 0.3) is 0 Å². The van der Waals surface area contributed by atoms with Crippen LogP contribution in [0.5, 0.6) is 5.75 Å². The quantitative estimate of drug-likeness (QED) is 0.639. The van der Waals surface area contributed by atoms with Crippen molar-refractivity contribution in [3.05, 3.63) is 29.3 Å². The second-order valence-corrected chi connectivity index (χ2v) is 4.38. The van der Waals surface area contributed by atoms with E-state index in [-0.39, 0.29) is 0 Å². The standard InChI is InChI=1S/C12H16O/c1-12(2)8-7-9-5-4-6-10(13-3)11(9)12/h4-6H,7-8H2,1-3H3. The van der Waals surface area contributed by atoms with Gasteiger partial charge in [0.15, 0.2) is 0 Å². The van der Waals surface area contributed by atoms with Crippen molar-refractivity contribution in [1.29, 1.82) is 0 Å². The van der Waals surface area contributed by atoms with Gasteiger partial charge in [0.2, 0.25) is 0 Å². The Labute approximate surface area is 79.7 Å². The molecule has 0 bridgehead atoms. The Morgan fingerprint density at radius 1 is 1.31 bits per heavy atom. The van der Waals surface area contributed by atoms with Crippen LogP contribution in [0.15, 0.2) is 18.2 Å². The van der Waals surface area contributed by atoms with E-state index >= 15 is 0 Å². The lowest BCUT2D eigenvalue weighted by molar-refractivity contribution is 0.395. The fourth-order valence-electron chi connectivity index (χ4n) is 2.30. The van der Waals surface area contributed by atoms with Crippen LogP contribution in [-0.2, 0) is 11.8 Å². The summed E-state index contributed by atoms with van der Waals surface area (Å²) in [5, 5.41) is 0. The molecule has 1 heteroatoms. The molecule has 0 N–H and O–H groups in total. The van der Waals surface area contributed by atoms with E-state index in [2.05, 4.69) is 32.0 Å². The summed E-state index contributed by atoms with van der Waals surface area (Å²) in [7, 11) is 1.75. The average Bonchev–Trinajstić information content (AvgIpc) is 2.43. The zero-order chi connectivity index (χ0) is 9.47. The van der Waals surface area contributed by atoms with Crippen LogP contribution in [-0.4, -0.2) is 7.11 Å². The van der Waals surface area contributed by atoms with Crippen molar-refractivity contribution in [2.24, 2.45) is 0 Å². The van der Waals surface area contributed by atoms with Gasteiger partial charge in [-0.15, -0.1) is 0 Å². The van der Waals surface area contributed by atoms with E-state index < -0.39 is 0 Å². The molecule has 2 rings (SSSR count). The molecular formula is C12H16O. The monoisotopic (exact) mass is 176 g/mol. The van der Waals surface area contributed by atoms with Gasteiger partial charge in [-0.2, -0.15) is 0 Å².